The van der Waals surface area contributed by atoms with Crippen molar-refractivity contribution < 1.29 is 19.1 Å². The number of amides is 2. The van der Waals surface area contributed by atoms with E-state index in [4.69, 9.17) is 21.1 Å². The van der Waals surface area contributed by atoms with Gasteiger partial charge in [-0.2, -0.15) is 0 Å². The van der Waals surface area contributed by atoms with Gasteiger partial charge in [-0.25, -0.2) is 0 Å². The molecule has 0 bridgehead atoms. The van der Waals surface area contributed by atoms with Crippen LogP contribution in [0.2, 0.25) is 0 Å². The minimum Gasteiger partial charge on any atom is -0.493 e. The predicted octanol–water partition coefficient (Wildman–Crippen LogP) is 4.06. The highest BCUT2D eigenvalue weighted by atomic mass is 35.5. The summed E-state index contributed by atoms with van der Waals surface area (Å²) in [6.45, 7) is 4.83. The molecular formula is C22H33ClN2O4. The number of alkyl halides is 1. The average molecular weight is 425 g/mol. The van der Waals surface area contributed by atoms with Crippen molar-refractivity contribution in [1.82, 2.24) is 10.2 Å². The highest BCUT2D eigenvalue weighted by Gasteiger charge is 2.32. The van der Waals surface area contributed by atoms with Crippen LogP contribution in [0.4, 0.5) is 0 Å². The number of benzene rings is 1. The van der Waals surface area contributed by atoms with Crippen LogP contribution >= 0.6 is 11.6 Å². The molecular weight excluding hydrogens is 392 g/mol. The number of methoxy groups -OCH3 is 1. The van der Waals surface area contributed by atoms with Gasteiger partial charge in [-0.05, 0) is 43.9 Å². The number of carbonyl (C=O) groups is 2. The Bertz CT molecular complexity index is 677. The van der Waals surface area contributed by atoms with Crippen molar-refractivity contribution in [1.29, 1.82) is 0 Å². The molecule has 6 nitrogen and oxygen atoms in total. The fraction of sp³-hybridized carbons (Fsp3) is 0.636. The van der Waals surface area contributed by atoms with E-state index in [1.165, 1.54) is 6.42 Å². The molecule has 1 saturated carbocycles. The first-order valence-corrected chi connectivity index (χ1v) is 11.1. The summed E-state index contributed by atoms with van der Waals surface area (Å²) in [6.07, 6.45) is 6.12. The fourth-order valence-corrected chi connectivity index (χ4v) is 4.00. The maximum absolute atomic E-state index is 13.3. The Balaban J connectivity index is 2.39. The second-order valence-corrected chi connectivity index (χ2v) is 7.58. The van der Waals surface area contributed by atoms with Gasteiger partial charge in [-0.15, -0.1) is 11.6 Å². The molecule has 0 spiro atoms. The van der Waals surface area contributed by atoms with Crippen molar-refractivity contribution in [3.63, 3.8) is 0 Å². The van der Waals surface area contributed by atoms with Gasteiger partial charge in [0.2, 0.25) is 11.8 Å². The number of carbonyl (C=O) groups excluding carboxylic acids is 2. The molecule has 1 aromatic rings. The van der Waals surface area contributed by atoms with Gasteiger partial charge in [-0.1, -0.05) is 32.3 Å². The Morgan fingerprint density at radius 1 is 1.21 bits per heavy atom. The van der Waals surface area contributed by atoms with Crippen LogP contribution in [0.25, 0.3) is 0 Å². The molecule has 0 aliphatic heterocycles. The quantitative estimate of drug-likeness (QED) is 0.575. The Labute approximate surface area is 178 Å². The molecule has 0 unspecified atom stereocenters. The third kappa shape index (κ3) is 6.26. The van der Waals surface area contributed by atoms with Gasteiger partial charge in [-0.3, -0.25) is 9.59 Å². The molecule has 7 heteroatoms. The van der Waals surface area contributed by atoms with E-state index in [1.807, 2.05) is 19.9 Å². The maximum Gasteiger partial charge on any atom is 0.247 e. The number of nitrogens with zero attached hydrogens (tertiary/aromatic N) is 1. The number of hydrogen-bond donors (Lipinski definition) is 1. The lowest BCUT2D eigenvalue weighted by Gasteiger charge is -2.33. The van der Waals surface area contributed by atoms with Crippen molar-refractivity contribution in [2.24, 2.45) is 0 Å². The summed E-state index contributed by atoms with van der Waals surface area (Å²) in [6, 6.07) is 4.78. The van der Waals surface area contributed by atoms with E-state index in [9.17, 15) is 9.59 Å². The fourth-order valence-electron chi connectivity index (χ4n) is 3.84. The lowest BCUT2D eigenvalue weighted by atomic mass is 9.94. The summed E-state index contributed by atoms with van der Waals surface area (Å²) >= 11 is 5.87. The predicted molar refractivity (Wildman–Crippen MR) is 115 cm³/mol. The monoisotopic (exact) mass is 424 g/mol. The molecule has 2 rings (SSSR count). The molecule has 1 fully saturated rings. The number of hydrogen-bond acceptors (Lipinski definition) is 4. The second kappa shape index (κ2) is 11.9. The lowest BCUT2D eigenvalue weighted by molar-refractivity contribution is -0.139. The summed E-state index contributed by atoms with van der Waals surface area (Å²) in [4.78, 5) is 27.5. The van der Waals surface area contributed by atoms with Crippen molar-refractivity contribution in [3.8, 4) is 11.5 Å². The van der Waals surface area contributed by atoms with Gasteiger partial charge in [0, 0.05) is 12.6 Å². The van der Waals surface area contributed by atoms with E-state index in [0.717, 1.165) is 32.1 Å². The zero-order valence-electron chi connectivity index (χ0n) is 17.7. The van der Waals surface area contributed by atoms with Crippen LogP contribution in [0.15, 0.2) is 18.2 Å². The van der Waals surface area contributed by atoms with Gasteiger partial charge in [0.1, 0.15) is 11.9 Å². The Morgan fingerprint density at radius 2 is 1.93 bits per heavy atom. The molecule has 0 saturated heterocycles. The van der Waals surface area contributed by atoms with Crippen LogP contribution in [0.5, 0.6) is 11.5 Å². The van der Waals surface area contributed by atoms with Crippen molar-refractivity contribution >= 4 is 23.4 Å². The van der Waals surface area contributed by atoms with E-state index in [0.29, 0.717) is 30.2 Å². The van der Waals surface area contributed by atoms with Crippen LogP contribution in [-0.2, 0) is 9.59 Å². The molecule has 1 N–H and O–H groups in total. The SMILES string of the molecule is CCCN(C(=O)CCl)[C@@H](C(=O)NC1CCCCC1)c1ccc(OCC)c(OC)c1. The van der Waals surface area contributed by atoms with Crippen LogP contribution < -0.4 is 14.8 Å². The zero-order chi connectivity index (χ0) is 21.2. The first-order chi connectivity index (χ1) is 14.0. The van der Waals surface area contributed by atoms with E-state index in [2.05, 4.69) is 5.32 Å². The van der Waals surface area contributed by atoms with Crippen LogP contribution in [-0.4, -0.2) is 48.9 Å². The highest BCUT2D eigenvalue weighted by molar-refractivity contribution is 6.27. The van der Waals surface area contributed by atoms with Gasteiger partial charge in [0.25, 0.3) is 0 Å². The second-order valence-electron chi connectivity index (χ2n) is 7.31. The molecule has 0 aromatic heterocycles. The summed E-state index contributed by atoms with van der Waals surface area (Å²) in [7, 11) is 1.56. The largest absolute Gasteiger partial charge is 0.493 e. The van der Waals surface area contributed by atoms with Gasteiger partial charge >= 0.3 is 0 Å². The first-order valence-electron chi connectivity index (χ1n) is 10.5. The van der Waals surface area contributed by atoms with Gasteiger partial charge in [0.05, 0.1) is 13.7 Å². The molecule has 1 aliphatic carbocycles. The van der Waals surface area contributed by atoms with E-state index in [1.54, 1.807) is 24.1 Å². The standard InChI is InChI=1S/C22H33ClN2O4/c1-4-13-25(20(26)15-23)21(22(27)24-17-9-7-6-8-10-17)16-11-12-18(29-5-2)19(14-16)28-3/h11-12,14,17,21H,4-10,13,15H2,1-3H3,(H,24,27)/t21-/m1/s1. The zero-order valence-corrected chi connectivity index (χ0v) is 18.5. The van der Waals surface area contributed by atoms with E-state index < -0.39 is 6.04 Å². The normalized spacial score (nSPS) is 15.4. The molecule has 1 atom stereocenters. The third-order valence-corrected chi connectivity index (χ3v) is 5.44. The minimum atomic E-state index is -0.757. The van der Waals surface area contributed by atoms with E-state index >= 15 is 0 Å². The molecule has 29 heavy (non-hydrogen) atoms. The van der Waals surface area contributed by atoms with Crippen LogP contribution in [0.3, 0.4) is 0 Å². The lowest BCUT2D eigenvalue weighted by Crippen LogP contribution is -2.47. The van der Waals surface area contributed by atoms with Crippen molar-refractivity contribution in [2.45, 2.75) is 64.5 Å². The number of halogens is 1. The Kier molecular flexibility index (Phi) is 9.58. The third-order valence-electron chi connectivity index (χ3n) is 5.21. The number of rotatable bonds is 10. The highest BCUT2D eigenvalue weighted by Crippen LogP contribution is 2.33. The summed E-state index contributed by atoms with van der Waals surface area (Å²) in [5.74, 6) is 0.548. The number of nitrogens with one attached hydrogen (secondary N) is 1. The van der Waals surface area contributed by atoms with Gasteiger partial charge < -0.3 is 19.7 Å². The molecule has 0 heterocycles. The molecule has 162 valence electrons. The summed E-state index contributed by atoms with van der Waals surface area (Å²) in [5.41, 5.74) is 0.686. The Hall–Kier alpha value is -1.95. The van der Waals surface area contributed by atoms with Gasteiger partial charge in [0.15, 0.2) is 11.5 Å². The number of ether oxygens (including phenoxy) is 2. The van der Waals surface area contributed by atoms with Crippen LogP contribution in [0.1, 0.15) is 64.0 Å². The molecule has 2 amide bonds. The first kappa shape index (κ1) is 23.3. The average Bonchev–Trinajstić information content (AvgIpc) is 2.74. The smallest absolute Gasteiger partial charge is 0.247 e. The summed E-state index contributed by atoms with van der Waals surface area (Å²) < 4.78 is 11.1. The molecule has 1 aromatic carbocycles. The van der Waals surface area contributed by atoms with Crippen molar-refractivity contribution in [3.05, 3.63) is 23.8 Å². The maximum atomic E-state index is 13.3. The van der Waals surface area contributed by atoms with Crippen molar-refractivity contribution in [2.75, 3.05) is 26.1 Å². The van der Waals surface area contributed by atoms with E-state index in [-0.39, 0.29) is 23.7 Å². The molecule has 1 aliphatic rings. The Morgan fingerprint density at radius 3 is 2.52 bits per heavy atom. The summed E-state index contributed by atoms with van der Waals surface area (Å²) in [5, 5.41) is 3.16. The molecule has 0 radical (unpaired) electrons. The topological polar surface area (TPSA) is 67.9 Å². The van der Waals surface area contributed by atoms with Crippen LogP contribution in [0, 0.1) is 0 Å². The minimum absolute atomic E-state index is 0.151.